The summed E-state index contributed by atoms with van der Waals surface area (Å²) < 4.78 is 6.24. The van der Waals surface area contributed by atoms with Gasteiger partial charge in [-0.1, -0.05) is 57.2 Å². The fraction of sp³-hybridized carbons (Fsp3) is 0.467. The highest BCUT2D eigenvalue weighted by atomic mass is 16.5. The quantitative estimate of drug-likeness (QED) is 0.558. The van der Waals surface area contributed by atoms with Crippen LogP contribution in [0.4, 0.5) is 0 Å². The smallest absolute Gasteiger partial charge is 0.327 e. The van der Waals surface area contributed by atoms with Gasteiger partial charge in [0.1, 0.15) is 0 Å². The molecule has 90 valence electrons. The highest BCUT2D eigenvalue weighted by Gasteiger charge is 2.42. The maximum Gasteiger partial charge on any atom is 0.327 e. The van der Waals surface area contributed by atoms with Gasteiger partial charge in [-0.3, -0.25) is 0 Å². The van der Waals surface area contributed by atoms with E-state index >= 15 is 0 Å². The van der Waals surface area contributed by atoms with Crippen LogP contribution in [0.25, 0.3) is 0 Å². The monoisotopic (exact) mass is 228 g/mol. The molecular formula is C15H21BO. The van der Waals surface area contributed by atoms with Gasteiger partial charge in [0.05, 0.1) is 6.10 Å². The summed E-state index contributed by atoms with van der Waals surface area (Å²) >= 11 is 0. The summed E-state index contributed by atoms with van der Waals surface area (Å²) in [6.45, 7) is 10.9. The predicted molar refractivity (Wildman–Crippen MR) is 74.7 cm³/mol. The molecule has 0 radical (unpaired) electrons. The predicted octanol–water partition coefficient (Wildman–Crippen LogP) is 3.13. The summed E-state index contributed by atoms with van der Waals surface area (Å²) in [7, 11) is 0. The van der Waals surface area contributed by atoms with Gasteiger partial charge in [-0.15, -0.1) is 6.58 Å². The summed E-state index contributed by atoms with van der Waals surface area (Å²) in [5, 5.41) is 0. The normalized spacial score (nSPS) is 25.0. The summed E-state index contributed by atoms with van der Waals surface area (Å²) in [6.07, 6.45) is 3.37. The summed E-state index contributed by atoms with van der Waals surface area (Å²) in [6, 6.07) is 10.5. The van der Waals surface area contributed by atoms with Crippen molar-refractivity contribution >= 4 is 12.4 Å². The van der Waals surface area contributed by atoms with Gasteiger partial charge in [0, 0.05) is 0 Å². The van der Waals surface area contributed by atoms with Crippen LogP contribution in [0.1, 0.15) is 20.8 Å². The van der Waals surface area contributed by atoms with Crippen molar-refractivity contribution in [2.24, 2.45) is 11.3 Å². The molecule has 0 amide bonds. The van der Waals surface area contributed by atoms with Crippen LogP contribution in [0, 0.1) is 11.3 Å². The molecule has 0 unspecified atom stereocenters. The molecule has 17 heavy (non-hydrogen) atoms. The third-order valence-electron chi connectivity index (χ3n) is 3.51. The van der Waals surface area contributed by atoms with Crippen LogP contribution in [-0.4, -0.2) is 13.0 Å². The zero-order valence-electron chi connectivity index (χ0n) is 11.0. The molecule has 0 aromatic heterocycles. The van der Waals surface area contributed by atoms with E-state index in [4.69, 9.17) is 4.65 Å². The molecular weight excluding hydrogens is 207 g/mol. The van der Waals surface area contributed by atoms with E-state index in [0.717, 1.165) is 6.32 Å². The van der Waals surface area contributed by atoms with Crippen molar-refractivity contribution in [3.05, 3.63) is 43.0 Å². The van der Waals surface area contributed by atoms with E-state index in [2.05, 4.69) is 57.7 Å². The number of benzene rings is 1. The maximum atomic E-state index is 6.24. The van der Waals surface area contributed by atoms with Gasteiger partial charge < -0.3 is 4.65 Å². The van der Waals surface area contributed by atoms with Crippen molar-refractivity contribution < 1.29 is 4.65 Å². The topological polar surface area (TPSA) is 9.23 Å². The molecule has 1 heterocycles. The molecule has 1 aliphatic rings. The van der Waals surface area contributed by atoms with Gasteiger partial charge in [-0.05, 0) is 23.1 Å². The molecule has 1 aliphatic heterocycles. The van der Waals surface area contributed by atoms with Crippen molar-refractivity contribution in [1.29, 1.82) is 0 Å². The first-order valence-electron chi connectivity index (χ1n) is 6.35. The van der Waals surface area contributed by atoms with E-state index in [-0.39, 0.29) is 18.4 Å². The lowest BCUT2D eigenvalue weighted by molar-refractivity contribution is 0.0834. The minimum absolute atomic E-state index is 0.169. The zero-order valence-corrected chi connectivity index (χ0v) is 11.0. The second-order valence-electron chi connectivity index (χ2n) is 5.96. The van der Waals surface area contributed by atoms with Crippen molar-refractivity contribution in [2.75, 3.05) is 0 Å². The van der Waals surface area contributed by atoms with Crippen molar-refractivity contribution in [2.45, 2.75) is 33.2 Å². The average molecular weight is 228 g/mol. The molecule has 2 heteroatoms. The Kier molecular flexibility index (Phi) is 3.44. The Balaban J connectivity index is 2.18. The van der Waals surface area contributed by atoms with E-state index in [1.54, 1.807) is 0 Å². The van der Waals surface area contributed by atoms with E-state index in [0.29, 0.717) is 5.92 Å². The van der Waals surface area contributed by atoms with Gasteiger partial charge >= 0.3 is 6.92 Å². The molecule has 1 nitrogen and oxygen atoms in total. The number of rotatable bonds is 2. The third kappa shape index (κ3) is 2.63. The molecule has 0 bridgehead atoms. The van der Waals surface area contributed by atoms with Crippen LogP contribution in [0.15, 0.2) is 43.0 Å². The summed E-state index contributed by atoms with van der Waals surface area (Å²) in [5.41, 5.74) is 1.45. The van der Waals surface area contributed by atoms with Crippen LogP contribution in [0.3, 0.4) is 0 Å². The van der Waals surface area contributed by atoms with Gasteiger partial charge in [-0.25, -0.2) is 0 Å². The Hall–Kier alpha value is -1.02. The summed E-state index contributed by atoms with van der Waals surface area (Å²) in [4.78, 5) is 0. The molecule has 0 N–H and O–H groups in total. The molecule has 0 aliphatic carbocycles. The van der Waals surface area contributed by atoms with Crippen LogP contribution in [0.2, 0.25) is 6.32 Å². The van der Waals surface area contributed by atoms with Crippen molar-refractivity contribution in [3.63, 3.8) is 0 Å². The first kappa shape index (κ1) is 12.4. The zero-order chi connectivity index (χ0) is 12.5. The highest BCUT2D eigenvalue weighted by molar-refractivity contribution is 6.68. The average Bonchev–Trinajstić information content (AvgIpc) is 2.74. The molecule has 2 atom stereocenters. The van der Waals surface area contributed by atoms with Crippen molar-refractivity contribution in [3.8, 4) is 0 Å². The Labute approximate surface area is 105 Å². The fourth-order valence-corrected chi connectivity index (χ4v) is 2.65. The first-order chi connectivity index (χ1) is 8.02. The maximum absolute atomic E-state index is 6.24. The Morgan fingerprint density at radius 2 is 1.94 bits per heavy atom. The van der Waals surface area contributed by atoms with E-state index < -0.39 is 0 Å². The van der Waals surface area contributed by atoms with Gasteiger partial charge in [0.25, 0.3) is 0 Å². The number of hydrogen-bond acceptors (Lipinski definition) is 1. The lowest BCUT2D eigenvalue weighted by Crippen LogP contribution is -2.35. The fourth-order valence-electron chi connectivity index (χ4n) is 2.65. The molecule has 0 spiro atoms. The standard InChI is InChI=1S/C15H21BO/c1-5-12-11-16(13-9-7-6-8-10-13)17-14(12)15(2,3)4/h5-10,12,14H,1,11H2,2-4H3/t12-,14+/m1/s1. The van der Waals surface area contributed by atoms with Gasteiger partial charge in [-0.2, -0.15) is 0 Å². The largest absolute Gasteiger partial charge is 0.427 e. The minimum atomic E-state index is 0.169. The van der Waals surface area contributed by atoms with Crippen LogP contribution >= 0.6 is 0 Å². The lowest BCUT2D eigenvalue weighted by atomic mass is 9.57. The SMILES string of the molecule is C=C[C@@H]1CB(c2ccccc2)O[C@@H]1C(C)(C)C. The van der Waals surface area contributed by atoms with Gasteiger partial charge in [0.2, 0.25) is 0 Å². The second kappa shape index (κ2) is 4.69. The Morgan fingerprint density at radius 1 is 1.29 bits per heavy atom. The van der Waals surface area contributed by atoms with Crippen LogP contribution < -0.4 is 5.46 Å². The van der Waals surface area contributed by atoms with E-state index in [1.165, 1.54) is 5.46 Å². The molecule has 1 fully saturated rings. The molecule has 2 rings (SSSR count). The Bertz CT molecular complexity index is 380. The summed E-state index contributed by atoms with van der Waals surface area (Å²) in [5.74, 6) is 0.459. The van der Waals surface area contributed by atoms with E-state index in [1.807, 2.05) is 6.07 Å². The van der Waals surface area contributed by atoms with Crippen LogP contribution in [-0.2, 0) is 4.65 Å². The molecule has 0 saturated carbocycles. The molecule has 1 saturated heterocycles. The molecule has 1 aromatic carbocycles. The van der Waals surface area contributed by atoms with E-state index in [9.17, 15) is 0 Å². The lowest BCUT2D eigenvalue weighted by Gasteiger charge is -2.31. The molecule has 1 aromatic rings. The Morgan fingerprint density at radius 3 is 2.41 bits per heavy atom. The highest BCUT2D eigenvalue weighted by Crippen LogP contribution is 2.37. The number of hydrogen-bond donors (Lipinski definition) is 0. The van der Waals surface area contributed by atoms with Crippen LogP contribution in [0.5, 0.6) is 0 Å². The van der Waals surface area contributed by atoms with Gasteiger partial charge in [0.15, 0.2) is 0 Å². The second-order valence-corrected chi connectivity index (χ2v) is 5.96. The van der Waals surface area contributed by atoms with Crippen molar-refractivity contribution in [1.82, 2.24) is 0 Å². The minimum Gasteiger partial charge on any atom is -0.427 e. The third-order valence-corrected chi connectivity index (χ3v) is 3.51. The first-order valence-corrected chi connectivity index (χ1v) is 6.35.